The van der Waals surface area contributed by atoms with Crippen LogP contribution in [0.5, 0.6) is 0 Å². The van der Waals surface area contributed by atoms with Crippen LogP contribution in [-0.2, 0) is 9.59 Å². The molecule has 0 aromatic heterocycles. The maximum absolute atomic E-state index is 13.9. The lowest BCUT2D eigenvalue weighted by atomic mass is 9.83. The van der Waals surface area contributed by atoms with Gasteiger partial charge in [0.2, 0.25) is 11.8 Å². The summed E-state index contributed by atoms with van der Waals surface area (Å²) in [7, 11) is 0. The molecule has 0 radical (unpaired) electrons. The molecule has 0 bridgehead atoms. The largest absolute Gasteiger partial charge is 0.358 e. The minimum absolute atomic E-state index is 0.0361. The Labute approximate surface area is 210 Å². The van der Waals surface area contributed by atoms with Crippen molar-refractivity contribution in [1.82, 2.24) is 4.90 Å². The molecule has 0 N–H and O–H groups in total. The van der Waals surface area contributed by atoms with Gasteiger partial charge in [-0.1, -0.05) is 66.2 Å². The summed E-state index contributed by atoms with van der Waals surface area (Å²) >= 11 is 6.32. The normalized spacial score (nSPS) is 23.9. The number of rotatable bonds is 4. The molecule has 178 valence electrons. The fourth-order valence-electron chi connectivity index (χ4n) is 5.65. The van der Waals surface area contributed by atoms with E-state index < -0.39 is 40.7 Å². The van der Waals surface area contributed by atoms with Crippen LogP contribution in [0, 0.1) is 22.0 Å². The van der Waals surface area contributed by atoms with Crippen molar-refractivity contribution in [2.75, 3.05) is 4.90 Å². The van der Waals surface area contributed by atoms with Gasteiger partial charge in [-0.3, -0.25) is 24.5 Å². The van der Waals surface area contributed by atoms with Crippen molar-refractivity contribution in [2.24, 2.45) is 11.8 Å². The van der Waals surface area contributed by atoms with Crippen LogP contribution in [0.2, 0.25) is 5.02 Å². The number of amides is 2. The van der Waals surface area contributed by atoms with Gasteiger partial charge in [-0.2, -0.15) is 0 Å². The Kier molecular flexibility index (Phi) is 5.01. The van der Waals surface area contributed by atoms with Crippen molar-refractivity contribution in [1.29, 1.82) is 0 Å². The highest BCUT2D eigenvalue weighted by atomic mass is 35.5. The first-order valence-electron chi connectivity index (χ1n) is 11.3. The molecule has 3 aliphatic heterocycles. The second kappa shape index (κ2) is 8.13. The molecule has 3 heterocycles. The summed E-state index contributed by atoms with van der Waals surface area (Å²) in [6, 6.07) is 18.4. The average molecular weight is 500 g/mol. The van der Waals surface area contributed by atoms with Crippen molar-refractivity contribution in [2.45, 2.75) is 12.1 Å². The maximum atomic E-state index is 13.9. The fourth-order valence-corrected chi connectivity index (χ4v) is 5.86. The van der Waals surface area contributed by atoms with E-state index in [1.165, 1.54) is 12.1 Å². The summed E-state index contributed by atoms with van der Waals surface area (Å²) in [5, 5.41) is 11.4. The van der Waals surface area contributed by atoms with Gasteiger partial charge >= 0.3 is 0 Å². The van der Waals surface area contributed by atoms with Gasteiger partial charge in [0.05, 0.1) is 33.5 Å². The Morgan fingerprint density at radius 1 is 0.917 bits per heavy atom. The van der Waals surface area contributed by atoms with E-state index in [1.54, 1.807) is 36.5 Å². The molecule has 0 saturated carbocycles. The van der Waals surface area contributed by atoms with Crippen LogP contribution in [0.4, 0.5) is 11.4 Å². The Hall–Kier alpha value is -4.30. The number of ketones is 1. The molecule has 3 aromatic carbocycles. The molecule has 2 amide bonds. The van der Waals surface area contributed by atoms with Crippen molar-refractivity contribution in [3.05, 3.63) is 111 Å². The van der Waals surface area contributed by atoms with Gasteiger partial charge in [0.1, 0.15) is 6.04 Å². The Morgan fingerprint density at radius 3 is 2.36 bits per heavy atom. The number of imide groups is 1. The average Bonchev–Trinajstić information content (AvgIpc) is 3.37. The van der Waals surface area contributed by atoms with E-state index in [4.69, 9.17) is 11.6 Å². The molecule has 3 aromatic rings. The highest BCUT2D eigenvalue weighted by Gasteiger charge is 2.64. The third kappa shape index (κ3) is 3.11. The predicted octanol–water partition coefficient (Wildman–Crippen LogP) is 4.65. The standard InChI is InChI=1S/C27H18ClN3O5/c28-19-11-10-17(31(35)36)14-20(19)30-26(33)21-22(27(30)34)24(25(32)16-7-2-1-3-8-16)29-13-12-15-6-4-5-9-18(15)23(21)29/h1-14,21-24H/t21-,22+,23+,24-/m1/s1. The van der Waals surface area contributed by atoms with Gasteiger partial charge in [0.25, 0.3) is 5.69 Å². The van der Waals surface area contributed by atoms with Gasteiger partial charge in [0.15, 0.2) is 5.78 Å². The number of halogens is 1. The second-order valence-electron chi connectivity index (χ2n) is 8.97. The molecule has 36 heavy (non-hydrogen) atoms. The van der Waals surface area contributed by atoms with Gasteiger partial charge in [0, 0.05) is 23.9 Å². The molecule has 0 spiro atoms. The molecule has 9 heteroatoms. The molecular formula is C27H18ClN3O5. The second-order valence-corrected chi connectivity index (χ2v) is 9.38. The number of hydrogen-bond donors (Lipinski definition) is 0. The lowest BCUT2D eigenvalue weighted by Gasteiger charge is -2.35. The summed E-state index contributed by atoms with van der Waals surface area (Å²) in [4.78, 5) is 55.1. The van der Waals surface area contributed by atoms with E-state index in [1.807, 2.05) is 35.2 Å². The topological polar surface area (TPSA) is 101 Å². The Balaban J connectivity index is 1.51. The SMILES string of the molecule is O=C(c1ccccc1)[C@H]1[C@H]2C(=O)N(c3cc([N+](=O)[O-])ccc3Cl)C(=O)[C@H]2[C@@H]2c3ccccc3C=CN12. The smallest absolute Gasteiger partial charge is 0.271 e. The molecule has 3 aliphatic rings. The van der Waals surface area contributed by atoms with Crippen molar-refractivity contribution < 1.29 is 19.3 Å². The first-order chi connectivity index (χ1) is 17.4. The number of nitrogens with zero attached hydrogens (tertiary/aromatic N) is 3. The number of fused-ring (bicyclic) bond motifs is 5. The molecule has 0 aliphatic carbocycles. The number of carbonyl (C=O) groups is 3. The van der Waals surface area contributed by atoms with Gasteiger partial charge in [-0.05, 0) is 23.3 Å². The minimum atomic E-state index is -0.985. The molecule has 2 saturated heterocycles. The van der Waals surface area contributed by atoms with Crippen LogP contribution in [0.1, 0.15) is 27.5 Å². The molecule has 6 rings (SSSR count). The zero-order chi connectivity index (χ0) is 25.1. The van der Waals surface area contributed by atoms with Gasteiger partial charge in [-0.15, -0.1) is 0 Å². The minimum Gasteiger partial charge on any atom is -0.358 e. The van der Waals surface area contributed by atoms with E-state index in [9.17, 15) is 24.5 Å². The summed E-state index contributed by atoms with van der Waals surface area (Å²) in [6.45, 7) is 0. The third-order valence-electron chi connectivity index (χ3n) is 7.17. The van der Waals surface area contributed by atoms with Crippen LogP contribution in [-0.4, -0.2) is 33.5 Å². The molecular weight excluding hydrogens is 482 g/mol. The van der Waals surface area contributed by atoms with Gasteiger partial charge in [-0.25, -0.2) is 4.90 Å². The zero-order valence-electron chi connectivity index (χ0n) is 18.7. The number of carbonyl (C=O) groups excluding carboxylic acids is 3. The van der Waals surface area contributed by atoms with E-state index in [2.05, 4.69) is 0 Å². The zero-order valence-corrected chi connectivity index (χ0v) is 19.4. The lowest BCUT2D eigenvalue weighted by Crippen LogP contribution is -2.44. The molecule has 4 atom stereocenters. The third-order valence-corrected chi connectivity index (χ3v) is 7.49. The molecule has 8 nitrogen and oxygen atoms in total. The predicted molar refractivity (Wildman–Crippen MR) is 132 cm³/mol. The van der Waals surface area contributed by atoms with Crippen LogP contribution in [0.3, 0.4) is 0 Å². The van der Waals surface area contributed by atoms with E-state index in [-0.39, 0.29) is 22.2 Å². The summed E-state index contributed by atoms with van der Waals surface area (Å²) in [5.74, 6) is -3.25. The number of benzene rings is 3. The van der Waals surface area contributed by atoms with Gasteiger partial charge < -0.3 is 4.90 Å². The quantitative estimate of drug-likeness (QED) is 0.224. The monoisotopic (exact) mass is 499 g/mol. The van der Waals surface area contributed by atoms with Crippen LogP contribution in [0.25, 0.3) is 6.08 Å². The van der Waals surface area contributed by atoms with E-state index >= 15 is 0 Å². The van der Waals surface area contributed by atoms with Crippen LogP contribution in [0.15, 0.2) is 79.0 Å². The van der Waals surface area contributed by atoms with E-state index in [0.717, 1.165) is 22.1 Å². The summed E-state index contributed by atoms with van der Waals surface area (Å²) in [6.07, 6.45) is 3.66. The number of Topliss-reactive ketones (excluding diaryl/α,β-unsaturated/α-hetero) is 1. The first-order valence-corrected chi connectivity index (χ1v) is 11.7. The summed E-state index contributed by atoms with van der Waals surface area (Å²) in [5.41, 5.74) is 1.83. The Bertz CT molecular complexity index is 1490. The highest BCUT2D eigenvalue weighted by Crippen LogP contribution is 2.54. The Morgan fingerprint density at radius 2 is 1.61 bits per heavy atom. The number of nitro benzene ring substituents is 1. The maximum Gasteiger partial charge on any atom is 0.271 e. The van der Waals surface area contributed by atoms with Crippen LogP contribution >= 0.6 is 11.6 Å². The van der Waals surface area contributed by atoms with Crippen molar-refractivity contribution >= 4 is 46.6 Å². The van der Waals surface area contributed by atoms with E-state index in [0.29, 0.717) is 5.56 Å². The van der Waals surface area contributed by atoms with Crippen molar-refractivity contribution in [3.63, 3.8) is 0 Å². The fraction of sp³-hybridized carbons (Fsp3) is 0.148. The first kappa shape index (κ1) is 22.2. The molecule has 0 unspecified atom stereocenters. The van der Waals surface area contributed by atoms with Crippen molar-refractivity contribution in [3.8, 4) is 0 Å². The number of nitro groups is 1. The highest BCUT2D eigenvalue weighted by molar-refractivity contribution is 6.36. The molecule has 2 fully saturated rings. The number of non-ortho nitro benzene ring substituents is 1. The summed E-state index contributed by atoms with van der Waals surface area (Å²) < 4.78 is 0. The number of anilines is 1. The number of hydrogen-bond acceptors (Lipinski definition) is 6. The lowest BCUT2D eigenvalue weighted by molar-refractivity contribution is -0.384. The van der Waals surface area contributed by atoms with Crippen LogP contribution < -0.4 is 4.90 Å².